The first-order valence-corrected chi connectivity index (χ1v) is 9.56. The van der Waals surface area contributed by atoms with E-state index in [0.29, 0.717) is 19.6 Å². The van der Waals surface area contributed by atoms with E-state index in [9.17, 15) is 14.5 Å². The first-order valence-electron chi connectivity index (χ1n) is 8.65. The van der Waals surface area contributed by atoms with E-state index < -0.39 is 25.9 Å². The van der Waals surface area contributed by atoms with Gasteiger partial charge in [0.25, 0.3) is 5.34 Å². The van der Waals surface area contributed by atoms with Crippen LogP contribution in [0.15, 0.2) is 24.3 Å². The normalized spacial score (nSPS) is 24.1. The first kappa shape index (κ1) is 20.0. The maximum absolute atomic E-state index is 11.6. The molecular weight excluding hydrogens is 341 g/mol. The van der Waals surface area contributed by atoms with Crippen LogP contribution in [0.3, 0.4) is 0 Å². The second-order valence-electron chi connectivity index (χ2n) is 6.75. The molecule has 1 aromatic carbocycles. The van der Waals surface area contributed by atoms with Gasteiger partial charge >= 0.3 is 14.4 Å². The molecular formula is C18H27NO5P+. The Balaban J connectivity index is 1.96. The number of carbonyl (C=O) groups is 1. The zero-order valence-electron chi connectivity index (χ0n) is 14.8. The molecule has 0 saturated carbocycles. The van der Waals surface area contributed by atoms with Crippen molar-refractivity contribution in [1.29, 1.82) is 0 Å². The number of carboxylic acid groups (broad SMARTS) is 1. The fourth-order valence-electron chi connectivity index (χ4n) is 3.10. The molecule has 0 bridgehead atoms. The summed E-state index contributed by atoms with van der Waals surface area (Å²) in [5.74, 6) is -0.933. The third-order valence-corrected chi connectivity index (χ3v) is 5.79. The second kappa shape index (κ2) is 8.86. The van der Waals surface area contributed by atoms with E-state index in [4.69, 9.17) is 9.84 Å². The SMILES string of the molecule is CCCCC(O)([PH+]=O)[C@H]1CN(C)[C@H](Cc2ccc(C(=O)O)cc2)CO1. The summed E-state index contributed by atoms with van der Waals surface area (Å²) in [5, 5.41) is 18.3. The Morgan fingerprint density at radius 1 is 1.40 bits per heavy atom. The Hall–Kier alpha value is -1.33. The summed E-state index contributed by atoms with van der Waals surface area (Å²) in [6.07, 6.45) is 2.51. The molecule has 0 amide bonds. The van der Waals surface area contributed by atoms with E-state index in [1.54, 1.807) is 12.1 Å². The van der Waals surface area contributed by atoms with Crippen LogP contribution in [0.5, 0.6) is 0 Å². The molecule has 1 heterocycles. The lowest BCUT2D eigenvalue weighted by molar-refractivity contribution is -0.122. The van der Waals surface area contributed by atoms with Gasteiger partial charge in [0.2, 0.25) is 0 Å². The number of rotatable bonds is 8. The molecule has 1 saturated heterocycles. The third kappa shape index (κ3) is 5.08. The number of benzene rings is 1. The maximum atomic E-state index is 11.6. The summed E-state index contributed by atoms with van der Waals surface area (Å²) in [7, 11) is 1.16. The highest BCUT2D eigenvalue weighted by Crippen LogP contribution is 2.34. The van der Waals surface area contributed by atoms with E-state index in [1.807, 2.05) is 26.1 Å². The highest BCUT2D eigenvalue weighted by atomic mass is 31.1. The van der Waals surface area contributed by atoms with Crippen molar-refractivity contribution >= 4 is 14.4 Å². The van der Waals surface area contributed by atoms with Crippen LogP contribution in [0, 0.1) is 0 Å². The van der Waals surface area contributed by atoms with Crippen LogP contribution >= 0.6 is 8.46 Å². The topological polar surface area (TPSA) is 87.1 Å². The molecule has 2 unspecified atom stereocenters. The molecule has 6 nitrogen and oxygen atoms in total. The summed E-state index contributed by atoms with van der Waals surface area (Å²) >= 11 is 0. The lowest BCUT2D eigenvalue weighted by atomic mass is 9.99. The predicted octanol–water partition coefficient (Wildman–Crippen LogP) is 2.53. The van der Waals surface area contributed by atoms with Gasteiger partial charge in [-0.1, -0.05) is 30.0 Å². The van der Waals surface area contributed by atoms with Crippen LogP contribution in [0.4, 0.5) is 0 Å². The van der Waals surface area contributed by atoms with Gasteiger partial charge in [-0.25, -0.2) is 4.79 Å². The summed E-state index contributed by atoms with van der Waals surface area (Å²) in [6, 6.07) is 6.98. The number of carboxylic acids is 1. The molecule has 1 aliphatic heterocycles. The number of ether oxygens (including phenoxy) is 1. The Labute approximate surface area is 150 Å². The maximum Gasteiger partial charge on any atom is 0.362 e. The quantitative estimate of drug-likeness (QED) is 0.686. The van der Waals surface area contributed by atoms with Gasteiger partial charge in [-0.15, -0.1) is 0 Å². The number of nitrogens with zero attached hydrogens (tertiary/aromatic N) is 1. The third-order valence-electron chi connectivity index (χ3n) is 4.86. The predicted molar refractivity (Wildman–Crippen MR) is 96.7 cm³/mol. The first-order chi connectivity index (χ1) is 11.9. The van der Waals surface area contributed by atoms with Gasteiger partial charge < -0.3 is 14.9 Å². The number of hydrogen-bond acceptors (Lipinski definition) is 5. The van der Waals surface area contributed by atoms with Crippen LogP contribution in [-0.4, -0.2) is 58.8 Å². The molecule has 0 radical (unpaired) electrons. The van der Waals surface area contributed by atoms with Crippen LogP contribution in [0.1, 0.15) is 42.1 Å². The number of hydrogen-bond donors (Lipinski definition) is 2. The molecule has 4 atom stereocenters. The van der Waals surface area contributed by atoms with Crippen molar-refractivity contribution in [2.24, 2.45) is 0 Å². The molecule has 0 aliphatic carbocycles. The van der Waals surface area contributed by atoms with Gasteiger partial charge in [-0.05, 0) is 37.6 Å². The second-order valence-corrected chi connectivity index (χ2v) is 7.82. The van der Waals surface area contributed by atoms with Crippen molar-refractivity contribution in [3.63, 3.8) is 0 Å². The zero-order valence-corrected chi connectivity index (χ0v) is 15.8. The molecule has 1 aromatic rings. The van der Waals surface area contributed by atoms with Crippen molar-refractivity contribution in [3.8, 4) is 0 Å². The molecule has 0 spiro atoms. The Morgan fingerprint density at radius 2 is 2.08 bits per heavy atom. The molecule has 25 heavy (non-hydrogen) atoms. The smallest absolute Gasteiger partial charge is 0.362 e. The number of likely N-dealkylation sites (N-methyl/N-ethyl adjacent to an activating group) is 1. The van der Waals surface area contributed by atoms with Gasteiger partial charge in [0.1, 0.15) is 6.10 Å². The molecule has 138 valence electrons. The van der Waals surface area contributed by atoms with Crippen molar-refractivity contribution in [3.05, 3.63) is 35.4 Å². The molecule has 7 heteroatoms. The van der Waals surface area contributed by atoms with Gasteiger partial charge in [0.15, 0.2) is 0 Å². The summed E-state index contributed by atoms with van der Waals surface area (Å²) in [6.45, 7) is 3.00. The van der Waals surface area contributed by atoms with E-state index in [1.165, 1.54) is 0 Å². The summed E-state index contributed by atoms with van der Waals surface area (Å²) < 4.78 is 17.4. The highest BCUT2D eigenvalue weighted by molar-refractivity contribution is 7.25. The Kier molecular flexibility index (Phi) is 7.08. The molecule has 1 aliphatic rings. The highest BCUT2D eigenvalue weighted by Gasteiger charge is 2.48. The molecule has 0 aromatic heterocycles. The molecule has 2 N–H and O–H groups in total. The minimum absolute atomic E-state index is 0.136. The van der Waals surface area contributed by atoms with Crippen molar-refractivity contribution in [2.45, 2.75) is 50.1 Å². The number of unbranched alkanes of at least 4 members (excludes halogenated alkanes) is 1. The average Bonchev–Trinajstić information content (AvgIpc) is 2.61. The minimum atomic E-state index is -1.28. The summed E-state index contributed by atoms with van der Waals surface area (Å²) in [5.41, 5.74) is 1.31. The molecule has 1 fully saturated rings. The van der Waals surface area contributed by atoms with Crippen LogP contribution < -0.4 is 0 Å². The largest absolute Gasteiger partial charge is 0.478 e. The van der Waals surface area contributed by atoms with Gasteiger partial charge in [-0.2, -0.15) is 0 Å². The molecule has 2 rings (SSSR count). The minimum Gasteiger partial charge on any atom is -0.478 e. The number of morpholine rings is 1. The Morgan fingerprint density at radius 3 is 2.60 bits per heavy atom. The lowest BCUT2D eigenvalue weighted by Crippen LogP contribution is -2.55. The lowest BCUT2D eigenvalue weighted by Gasteiger charge is -2.39. The Bertz CT molecular complexity index is 594. The van der Waals surface area contributed by atoms with Crippen LogP contribution in [0.2, 0.25) is 0 Å². The van der Waals surface area contributed by atoms with Crippen molar-refractivity contribution < 1.29 is 24.3 Å². The van der Waals surface area contributed by atoms with E-state index >= 15 is 0 Å². The van der Waals surface area contributed by atoms with Crippen LogP contribution in [0.25, 0.3) is 0 Å². The fraction of sp³-hybridized carbons (Fsp3) is 0.611. The number of aromatic carboxylic acids is 1. The zero-order chi connectivity index (χ0) is 18.4. The number of aliphatic hydroxyl groups is 1. The standard InChI is InChI=1S/C18H26NO5P/c1-3-4-9-18(22,25-23)16-11-19(2)15(12-24-16)10-13-5-7-14(8-6-13)17(20)21/h5-8,15-16,22H,3-4,9-12H2,1-2H3,(H,20,21)/p+1/t15-,16-,18?/m1/s1. The van der Waals surface area contributed by atoms with Crippen molar-refractivity contribution in [1.82, 2.24) is 4.90 Å². The fourth-order valence-corrected chi connectivity index (χ4v) is 3.69. The van der Waals surface area contributed by atoms with Crippen LogP contribution in [-0.2, 0) is 15.7 Å². The average molecular weight is 368 g/mol. The van der Waals surface area contributed by atoms with Crippen molar-refractivity contribution in [2.75, 3.05) is 20.2 Å². The van der Waals surface area contributed by atoms with E-state index in [0.717, 1.165) is 24.8 Å². The van der Waals surface area contributed by atoms with Gasteiger partial charge in [0, 0.05) is 19.0 Å². The van der Waals surface area contributed by atoms with E-state index in [-0.39, 0.29) is 11.6 Å². The van der Waals surface area contributed by atoms with Gasteiger partial charge in [0.05, 0.1) is 12.2 Å². The van der Waals surface area contributed by atoms with E-state index in [2.05, 4.69) is 4.90 Å². The summed E-state index contributed by atoms with van der Waals surface area (Å²) in [4.78, 5) is 13.0. The van der Waals surface area contributed by atoms with Gasteiger partial charge in [-0.3, -0.25) is 4.90 Å². The monoisotopic (exact) mass is 368 g/mol.